The third kappa shape index (κ3) is 4.13. The van der Waals surface area contributed by atoms with E-state index in [0.29, 0.717) is 22.0 Å². The molecule has 152 valence electrons. The second kappa shape index (κ2) is 8.29. The molecule has 1 atom stereocenters. The van der Waals surface area contributed by atoms with Crippen LogP contribution in [0, 0.1) is 5.82 Å². The van der Waals surface area contributed by atoms with Gasteiger partial charge in [0.15, 0.2) is 5.76 Å². The Kier molecular flexibility index (Phi) is 5.40. The lowest BCUT2D eigenvalue weighted by Crippen LogP contribution is -2.41. The van der Waals surface area contributed by atoms with Gasteiger partial charge < -0.3 is 19.6 Å². The molecule has 4 rings (SSSR count). The quantitative estimate of drug-likeness (QED) is 0.483. The highest BCUT2D eigenvalue weighted by Gasteiger charge is 2.21. The van der Waals surface area contributed by atoms with Crippen molar-refractivity contribution in [3.8, 4) is 22.2 Å². The van der Waals surface area contributed by atoms with Crippen LogP contribution in [0.1, 0.15) is 17.5 Å². The van der Waals surface area contributed by atoms with E-state index in [2.05, 4.69) is 20.8 Å². The SMILES string of the molecule is C[C@@H](NC(=O)c1ccco1)C(=O)Nc1ccsc1-c1nc(-c2ccc(F)cc2)no1. The van der Waals surface area contributed by atoms with Crippen molar-refractivity contribution in [3.63, 3.8) is 0 Å². The Balaban J connectivity index is 1.46. The molecule has 0 spiro atoms. The summed E-state index contributed by atoms with van der Waals surface area (Å²) < 4.78 is 23.4. The normalized spacial score (nSPS) is 11.8. The number of nitrogens with zero attached hydrogens (tertiary/aromatic N) is 2. The molecular formula is C20H15FN4O4S. The van der Waals surface area contributed by atoms with Crippen molar-refractivity contribution in [2.45, 2.75) is 13.0 Å². The fourth-order valence-corrected chi connectivity index (χ4v) is 3.36. The molecule has 3 heterocycles. The summed E-state index contributed by atoms with van der Waals surface area (Å²) in [5.41, 5.74) is 1.07. The molecule has 0 bridgehead atoms. The number of carbonyl (C=O) groups is 2. The maximum absolute atomic E-state index is 13.1. The lowest BCUT2D eigenvalue weighted by Gasteiger charge is -2.13. The van der Waals surface area contributed by atoms with Crippen LogP contribution in [0.5, 0.6) is 0 Å². The molecule has 1 aromatic carbocycles. The van der Waals surface area contributed by atoms with Gasteiger partial charge in [-0.2, -0.15) is 4.98 Å². The monoisotopic (exact) mass is 426 g/mol. The summed E-state index contributed by atoms with van der Waals surface area (Å²) in [6.07, 6.45) is 1.38. The van der Waals surface area contributed by atoms with Crippen LogP contribution < -0.4 is 10.6 Å². The molecule has 0 radical (unpaired) electrons. The summed E-state index contributed by atoms with van der Waals surface area (Å²) in [5, 5.41) is 11.0. The van der Waals surface area contributed by atoms with E-state index in [1.54, 1.807) is 36.6 Å². The van der Waals surface area contributed by atoms with Gasteiger partial charge in [0, 0.05) is 5.56 Å². The number of thiophene rings is 1. The molecule has 8 nitrogen and oxygen atoms in total. The van der Waals surface area contributed by atoms with E-state index in [9.17, 15) is 14.0 Å². The average molecular weight is 426 g/mol. The van der Waals surface area contributed by atoms with Gasteiger partial charge in [-0.3, -0.25) is 9.59 Å². The molecular weight excluding hydrogens is 411 g/mol. The van der Waals surface area contributed by atoms with Gasteiger partial charge in [-0.05, 0) is 54.8 Å². The van der Waals surface area contributed by atoms with Crippen molar-refractivity contribution in [1.82, 2.24) is 15.5 Å². The summed E-state index contributed by atoms with van der Waals surface area (Å²) in [6, 6.07) is 9.68. The Bertz CT molecular complexity index is 1170. The zero-order valence-corrected chi connectivity index (χ0v) is 16.4. The van der Waals surface area contributed by atoms with Gasteiger partial charge in [0.05, 0.1) is 12.0 Å². The number of benzene rings is 1. The molecule has 0 aliphatic carbocycles. The maximum atomic E-state index is 13.1. The van der Waals surface area contributed by atoms with Crippen LogP contribution in [0.2, 0.25) is 0 Å². The minimum atomic E-state index is -0.812. The van der Waals surface area contributed by atoms with E-state index in [1.165, 1.54) is 35.8 Å². The van der Waals surface area contributed by atoms with Crippen molar-refractivity contribution in [1.29, 1.82) is 0 Å². The Morgan fingerprint density at radius 2 is 1.97 bits per heavy atom. The van der Waals surface area contributed by atoms with Gasteiger partial charge in [-0.1, -0.05) is 5.16 Å². The number of carbonyl (C=O) groups excluding carboxylic acids is 2. The number of amides is 2. The van der Waals surface area contributed by atoms with Crippen molar-refractivity contribution >= 4 is 28.8 Å². The standard InChI is InChI=1S/C20H15FN4O4S/c1-11(22-19(27)15-3-2-9-28-15)18(26)23-14-8-10-30-16(14)20-24-17(25-29-20)12-4-6-13(21)7-5-12/h2-11H,1H3,(H,22,27)(H,23,26)/t11-/m1/s1. The number of nitrogens with one attached hydrogen (secondary N) is 2. The molecule has 0 fully saturated rings. The molecule has 0 unspecified atom stereocenters. The number of hydrogen-bond donors (Lipinski definition) is 2. The van der Waals surface area contributed by atoms with E-state index in [-0.39, 0.29) is 17.5 Å². The first-order valence-electron chi connectivity index (χ1n) is 8.84. The van der Waals surface area contributed by atoms with Crippen molar-refractivity contribution < 1.29 is 22.9 Å². The van der Waals surface area contributed by atoms with Crippen LogP contribution in [0.3, 0.4) is 0 Å². The Morgan fingerprint density at radius 3 is 2.70 bits per heavy atom. The first kappa shape index (κ1) is 19.5. The molecule has 2 N–H and O–H groups in total. The largest absolute Gasteiger partial charge is 0.459 e. The third-order valence-corrected chi connectivity index (χ3v) is 5.03. The number of aromatic nitrogens is 2. The van der Waals surface area contributed by atoms with Crippen LogP contribution in [-0.2, 0) is 4.79 Å². The fraction of sp³-hybridized carbons (Fsp3) is 0.100. The van der Waals surface area contributed by atoms with Gasteiger partial charge in [0.1, 0.15) is 16.7 Å². The lowest BCUT2D eigenvalue weighted by atomic mass is 10.2. The molecule has 2 amide bonds. The second-order valence-corrected chi connectivity index (χ2v) is 7.17. The van der Waals surface area contributed by atoms with E-state index >= 15 is 0 Å². The highest BCUT2D eigenvalue weighted by molar-refractivity contribution is 7.14. The summed E-state index contributed by atoms with van der Waals surface area (Å²) >= 11 is 1.31. The summed E-state index contributed by atoms with van der Waals surface area (Å²) in [7, 11) is 0. The summed E-state index contributed by atoms with van der Waals surface area (Å²) in [4.78, 5) is 29.4. The highest BCUT2D eigenvalue weighted by Crippen LogP contribution is 2.33. The number of halogens is 1. The maximum Gasteiger partial charge on any atom is 0.287 e. The molecule has 0 aliphatic heterocycles. The fourth-order valence-electron chi connectivity index (χ4n) is 2.59. The van der Waals surface area contributed by atoms with E-state index < -0.39 is 17.9 Å². The lowest BCUT2D eigenvalue weighted by molar-refractivity contribution is -0.117. The summed E-state index contributed by atoms with van der Waals surface area (Å²) in [5.74, 6) is -0.646. The van der Waals surface area contributed by atoms with Crippen LogP contribution in [0.4, 0.5) is 10.1 Å². The first-order chi connectivity index (χ1) is 14.5. The van der Waals surface area contributed by atoms with Gasteiger partial charge in [0.25, 0.3) is 11.8 Å². The minimum absolute atomic E-state index is 0.116. The number of hydrogen-bond acceptors (Lipinski definition) is 7. The number of furan rings is 1. The van der Waals surface area contributed by atoms with Gasteiger partial charge in [-0.15, -0.1) is 11.3 Å². The molecule has 4 aromatic rings. The first-order valence-corrected chi connectivity index (χ1v) is 9.72. The van der Waals surface area contributed by atoms with E-state index in [0.717, 1.165) is 0 Å². The van der Waals surface area contributed by atoms with Gasteiger partial charge >= 0.3 is 0 Å². The highest BCUT2D eigenvalue weighted by atomic mass is 32.1. The molecule has 0 saturated heterocycles. The Hall–Kier alpha value is -3.79. The van der Waals surface area contributed by atoms with E-state index in [4.69, 9.17) is 8.94 Å². The predicted molar refractivity (Wildman–Crippen MR) is 107 cm³/mol. The summed E-state index contributed by atoms with van der Waals surface area (Å²) in [6.45, 7) is 1.56. The Labute approximate surface area is 173 Å². The number of rotatable bonds is 6. The predicted octanol–water partition coefficient (Wildman–Crippen LogP) is 3.95. The number of anilines is 1. The smallest absolute Gasteiger partial charge is 0.287 e. The minimum Gasteiger partial charge on any atom is -0.459 e. The molecule has 0 aliphatic rings. The van der Waals surface area contributed by atoms with E-state index in [1.807, 2.05) is 0 Å². The van der Waals surface area contributed by atoms with Crippen molar-refractivity contribution in [2.24, 2.45) is 0 Å². The average Bonchev–Trinajstić information content (AvgIpc) is 3.49. The molecule has 0 saturated carbocycles. The topological polar surface area (TPSA) is 110 Å². The zero-order valence-electron chi connectivity index (χ0n) is 15.6. The molecule has 10 heteroatoms. The van der Waals surface area contributed by atoms with Crippen LogP contribution in [0.15, 0.2) is 63.0 Å². The molecule has 30 heavy (non-hydrogen) atoms. The van der Waals surface area contributed by atoms with Crippen LogP contribution in [-0.4, -0.2) is 28.0 Å². The van der Waals surface area contributed by atoms with Crippen molar-refractivity contribution in [2.75, 3.05) is 5.32 Å². The molecule has 3 aromatic heterocycles. The van der Waals surface area contributed by atoms with Gasteiger partial charge in [-0.25, -0.2) is 4.39 Å². The second-order valence-electron chi connectivity index (χ2n) is 6.26. The van der Waals surface area contributed by atoms with Crippen molar-refractivity contribution in [3.05, 3.63) is 65.7 Å². The van der Waals surface area contributed by atoms with Crippen LogP contribution >= 0.6 is 11.3 Å². The van der Waals surface area contributed by atoms with Crippen LogP contribution in [0.25, 0.3) is 22.2 Å². The zero-order chi connectivity index (χ0) is 21.1. The third-order valence-electron chi connectivity index (χ3n) is 4.13. The van der Waals surface area contributed by atoms with Gasteiger partial charge in [0.2, 0.25) is 11.7 Å². The Morgan fingerprint density at radius 1 is 1.17 bits per heavy atom.